The summed E-state index contributed by atoms with van der Waals surface area (Å²) in [6.07, 6.45) is 0.686. The first-order valence-corrected chi connectivity index (χ1v) is 7.47. The second-order valence-corrected chi connectivity index (χ2v) is 5.33. The maximum Gasteiger partial charge on any atom is 0.338 e. The van der Waals surface area contributed by atoms with Crippen molar-refractivity contribution >= 4 is 29.1 Å². The van der Waals surface area contributed by atoms with Crippen LogP contribution in [0.15, 0.2) is 42.5 Å². The first kappa shape index (κ1) is 16.4. The highest BCUT2D eigenvalue weighted by atomic mass is 16.5. The van der Waals surface area contributed by atoms with Crippen LogP contribution < -0.4 is 0 Å². The number of carbonyl (C=O) groups excluding carboxylic acids is 3. The third-order valence-corrected chi connectivity index (χ3v) is 3.94. The summed E-state index contributed by atoms with van der Waals surface area (Å²) >= 11 is 0. The van der Waals surface area contributed by atoms with Crippen LogP contribution >= 0.6 is 0 Å². The van der Waals surface area contributed by atoms with E-state index in [0.717, 1.165) is 5.56 Å². The molecular weight excluding hydrogens is 322 g/mol. The zero-order valence-electron chi connectivity index (χ0n) is 13.7. The molecule has 6 nitrogen and oxygen atoms in total. The van der Waals surface area contributed by atoms with Crippen LogP contribution in [0.5, 0.6) is 0 Å². The van der Waals surface area contributed by atoms with E-state index in [-0.39, 0.29) is 11.1 Å². The molecule has 0 radical (unpaired) electrons. The molecular formula is C19H15NO5. The van der Waals surface area contributed by atoms with Crippen molar-refractivity contribution in [2.75, 3.05) is 14.2 Å². The summed E-state index contributed by atoms with van der Waals surface area (Å²) in [6.45, 7) is 0. The average Bonchev–Trinajstić information content (AvgIpc) is 3.05. The van der Waals surface area contributed by atoms with Crippen LogP contribution in [0.4, 0.5) is 0 Å². The standard InChI is InChI=1S/C19H15NO5/c1-24-18(22)12-8-13(19(23)25-2)16-14(10-21)17(20-15(16)9-12)11-6-4-3-5-7-11/h3-10,20H,1-2H3. The Morgan fingerprint density at radius 1 is 1.00 bits per heavy atom. The number of esters is 2. The lowest BCUT2D eigenvalue weighted by molar-refractivity contribution is 0.0600. The Morgan fingerprint density at radius 2 is 1.68 bits per heavy atom. The SMILES string of the molecule is COC(=O)c1cc(C(=O)OC)c2c(C=O)c(-c3ccccc3)[nH]c2c1. The molecule has 0 aliphatic carbocycles. The van der Waals surface area contributed by atoms with Crippen molar-refractivity contribution in [1.82, 2.24) is 4.98 Å². The number of methoxy groups -OCH3 is 2. The number of nitrogens with one attached hydrogen (secondary N) is 1. The largest absolute Gasteiger partial charge is 0.465 e. The van der Waals surface area contributed by atoms with Crippen LogP contribution in [0, 0.1) is 0 Å². The Morgan fingerprint density at radius 3 is 2.28 bits per heavy atom. The molecule has 6 heteroatoms. The molecule has 3 aromatic rings. The number of hydrogen-bond acceptors (Lipinski definition) is 5. The molecule has 3 rings (SSSR count). The van der Waals surface area contributed by atoms with Gasteiger partial charge < -0.3 is 14.5 Å². The number of aldehydes is 1. The fourth-order valence-electron chi connectivity index (χ4n) is 2.81. The average molecular weight is 337 g/mol. The van der Waals surface area contributed by atoms with E-state index in [1.165, 1.54) is 20.3 Å². The molecule has 1 N–H and O–H groups in total. The van der Waals surface area contributed by atoms with E-state index in [2.05, 4.69) is 4.98 Å². The number of ether oxygens (including phenoxy) is 2. The van der Waals surface area contributed by atoms with Gasteiger partial charge in [-0.05, 0) is 17.7 Å². The monoisotopic (exact) mass is 337 g/mol. The second-order valence-electron chi connectivity index (χ2n) is 5.33. The highest BCUT2D eigenvalue weighted by Gasteiger charge is 2.22. The van der Waals surface area contributed by atoms with Crippen LogP contribution in [0.3, 0.4) is 0 Å². The number of carbonyl (C=O) groups is 3. The molecule has 0 amide bonds. The van der Waals surface area contributed by atoms with Gasteiger partial charge in [-0.15, -0.1) is 0 Å². The Hall–Kier alpha value is -3.41. The zero-order valence-corrected chi connectivity index (χ0v) is 13.7. The fraction of sp³-hybridized carbons (Fsp3) is 0.105. The van der Waals surface area contributed by atoms with Crippen LogP contribution in [0.1, 0.15) is 31.1 Å². The van der Waals surface area contributed by atoms with Gasteiger partial charge in [0.2, 0.25) is 0 Å². The molecule has 0 bridgehead atoms. The number of fused-ring (bicyclic) bond motifs is 1. The molecule has 0 fully saturated rings. The smallest absolute Gasteiger partial charge is 0.338 e. The molecule has 0 aliphatic rings. The molecule has 2 aromatic carbocycles. The van der Waals surface area contributed by atoms with Gasteiger partial charge in [0.05, 0.1) is 31.0 Å². The van der Waals surface area contributed by atoms with Gasteiger partial charge in [-0.1, -0.05) is 30.3 Å². The van der Waals surface area contributed by atoms with Crippen molar-refractivity contribution in [2.45, 2.75) is 0 Å². The van der Waals surface area contributed by atoms with E-state index < -0.39 is 11.9 Å². The Balaban J connectivity index is 2.38. The number of hydrogen-bond donors (Lipinski definition) is 1. The minimum absolute atomic E-state index is 0.126. The van der Waals surface area contributed by atoms with Crippen molar-refractivity contribution in [2.24, 2.45) is 0 Å². The van der Waals surface area contributed by atoms with Gasteiger partial charge in [0.25, 0.3) is 0 Å². The molecule has 126 valence electrons. The molecule has 0 unspecified atom stereocenters. The lowest BCUT2D eigenvalue weighted by Gasteiger charge is -2.06. The van der Waals surface area contributed by atoms with Gasteiger partial charge in [0.1, 0.15) is 0 Å². The predicted octanol–water partition coefficient (Wildman–Crippen LogP) is 3.22. The molecule has 25 heavy (non-hydrogen) atoms. The summed E-state index contributed by atoms with van der Waals surface area (Å²) in [5.74, 6) is -1.23. The van der Waals surface area contributed by atoms with Gasteiger partial charge in [-0.3, -0.25) is 4.79 Å². The Bertz CT molecular complexity index is 972. The summed E-state index contributed by atoms with van der Waals surface area (Å²) in [4.78, 5) is 39.0. The van der Waals surface area contributed by atoms with E-state index in [9.17, 15) is 14.4 Å². The number of aromatic amines is 1. The van der Waals surface area contributed by atoms with Crippen molar-refractivity contribution in [3.05, 3.63) is 59.2 Å². The number of aromatic nitrogens is 1. The lowest BCUT2D eigenvalue weighted by Crippen LogP contribution is -2.07. The van der Waals surface area contributed by atoms with Crippen LogP contribution in [-0.2, 0) is 9.47 Å². The minimum Gasteiger partial charge on any atom is -0.465 e. The summed E-state index contributed by atoms with van der Waals surface area (Å²) in [6, 6.07) is 12.2. The van der Waals surface area contributed by atoms with Crippen molar-refractivity contribution in [3.63, 3.8) is 0 Å². The maximum absolute atomic E-state index is 12.2. The number of H-pyrrole nitrogens is 1. The number of benzene rings is 2. The van der Waals surface area contributed by atoms with Crippen LogP contribution in [0.25, 0.3) is 22.2 Å². The van der Waals surface area contributed by atoms with E-state index in [1.54, 1.807) is 6.07 Å². The van der Waals surface area contributed by atoms with E-state index in [4.69, 9.17) is 9.47 Å². The molecule has 0 saturated carbocycles. The van der Waals surface area contributed by atoms with Gasteiger partial charge in [0, 0.05) is 16.5 Å². The quantitative estimate of drug-likeness (QED) is 0.583. The summed E-state index contributed by atoms with van der Waals surface area (Å²) in [5, 5.41) is 0.411. The number of rotatable bonds is 4. The third kappa shape index (κ3) is 2.78. The first-order valence-electron chi connectivity index (χ1n) is 7.47. The highest BCUT2D eigenvalue weighted by Crippen LogP contribution is 2.32. The van der Waals surface area contributed by atoms with E-state index in [0.29, 0.717) is 28.4 Å². The highest BCUT2D eigenvalue weighted by molar-refractivity contribution is 6.15. The molecule has 0 aliphatic heterocycles. The molecule has 0 spiro atoms. The fourth-order valence-corrected chi connectivity index (χ4v) is 2.81. The predicted molar refractivity (Wildman–Crippen MR) is 91.8 cm³/mol. The van der Waals surface area contributed by atoms with Crippen molar-refractivity contribution < 1.29 is 23.9 Å². The first-order chi connectivity index (χ1) is 12.1. The van der Waals surface area contributed by atoms with Crippen molar-refractivity contribution in [3.8, 4) is 11.3 Å². The lowest BCUT2D eigenvalue weighted by atomic mass is 10.0. The summed E-state index contributed by atoms with van der Waals surface area (Å²) in [5.41, 5.74) is 2.48. The Kier molecular flexibility index (Phi) is 4.35. The molecule has 1 heterocycles. The van der Waals surface area contributed by atoms with E-state index >= 15 is 0 Å². The minimum atomic E-state index is -0.641. The topological polar surface area (TPSA) is 85.5 Å². The zero-order chi connectivity index (χ0) is 18.0. The molecule has 0 saturated heterocycles. The van der Waals surface area contributed by atoms with Crippen molar-refractivity contribution in [1.29, 1.82) is 0 Å². The van der Waals surface area contributed by atoms with Gasteiger partial charge >= 0.3 is 11.9 Å². The van der Waals surface area contributed by atoms with E-state index in [1.807, 2.05) is 30.3 Å². The molecule has 1 aromatic heterocycles. The maximum atomic E-state index is 12.2. The van der Waals surface area contributed by atoms with Crippen LogP contribution in [0.2, 0.25) is 0 Å². The molecule has 0 atom stereocenters. The van der Waals surface area contributed by atoms with Gasteiger partial charge in [-0.2, -0.15) is 0 Å². The summed E-state index contributed by atoms with van der Waals surface area (Å²) in [7, 11) is 2.50. The summed E-state index contributed by atoms with van der Waals surface area (Å²) < 4.78 is 9.53. The Labute approximate surface area is 143 Å². The van der Waals surface area contributed by atoms with Gasteiger partial charge in [0.15, 0.2) is 6.29 Å². The third-order valence-electron chi connectivity index (χ3n) is 3.94. The normalized spacial score (nSPS) is 10.5. The van der Waals surface area contributed by atoms with Crippen LogP contribution in [-0.4, -0.2) is 37.4 Å². The van der Waals surface area contributed by atoms with Gasteiger partial charge in [-0.25, -0.2) is 9.59 Å². The second kappa shape index (κ2) is 6.60.